The van der Waals surface area contributed by atoms with Gasteiger partial charge in [-0.05, 0) is 6.07 Å². The minimum Gasteiger partial charge on any atom is -0.478 e. The fourth-order valence-electron chi connectivity index (χ4n) is 1.13. The standard InChI is InChI=1S/C9H6ClN3O2/c10-7-4-12-8(3-6(7)9(14)15)13-2-1-11-5-13/h1-5H,(H,14,15). The van der Waals surface area contributed by atoms with Gasteiger partial charge in [0.25, 0.3) is 0 Å². The molecule has 0 unspecified atom stereocenters. The Bertz CT molecular complexity index is 496. The molecule has 0 saturated carbocycles. The number of aromatic carboxylic acids is 1. The largest absolute Gasteiger partial charge is 0.478 e. The molecule has 1 N–H and O–H groups in total. The van der Waals surface area contributed by atoms with Crippen molar-refractivity contribution < 1.29 is 9.90 Å². The highest BCUT2D eigenvalue weighted by Gasteiger charge is 2.10. The van der Waals surface area contributed by atoms with Crippen LogP contribution in [0.2, 0.25) is 5.02 Å². The van der Waals surface area contributed by atoms with Crippen molar-refractivity contribution in [3.05, 3.63) is 41.6 Å². The van der Waals surface area contributed by atoms with E-state index in [2.05, 4.69) is 9.97 Å². The number of halogens is 1. The van der Waals surface area contributed by atoms with Crippen LogP contribution in [-0.4, -0.2) is 25.6 Å². The molecule has 0 radical (unpaired) electrons. The molecule has 0 bridgehead atoms. The summed E-state index contributed by atoms with van der Waals surface area (Å²) in [6.45, 7) is 0. The Morgan fingerprint density at radius 2 is 2.33 bits per heavy atom. The Kier molecular flexibility index (Phi) is 2.39. The van der Waals surface area contributed by atoms with Gasteiger partial charge in [-0.15, -0.1) is 0 Å². The average Bonchev–Trinajstić information content (AvgIpc) is 2.71. The SMILES string of the molecule is O=C(O)c1cc(-n2ccnc2)ncc1Cl. The first-order valence-electron chi connectivity index (χ1n) is 4.05. The van der Waals surface area contributed by atoms with Crippen LogP contribution >= 0.6 is 11.6 Å². The van der Waals surface area contributed by atoms with Gasteiger partial charge in [0, 0.05) is 18.6 Å². The number of aromatic nitrogens is 3. The molecule has 2 aromatic rings. The van der Waals surface area contributed by atoms with Gasteiger partial charge in [0.05, 0.1) is 10.6 Å². The summed E-state index contributed by atoms with van der Waals surface area (Å²) in [5.41, 5.74) is 0.0235. The van der Waals surface area contributed by atoms with Crippen LogP contribution in [0.15, 0.2) is 31.0 Å². The van der Waals surface area contributed by atoms with E-state index >= 15 is 0 Å². The highest BCUT2D eigenvalue weighted by atomic mass is 35.5. The smallest absolute Gasteiger partial charge is 0.337 e. The molecule has 0 atom stereocenters. The summed E-state index contributed by atoms with van der Waals surface area (Å²) in [6.07, 6.45) is 6.08. The Balaban J connectivity index is 2.52. The summed E-state index contributed by atoms with van der Waals surface area (Å²) in [7, 11) is 0. The van der Waals surface area contributed by atoms with Gasteiger partial charge in [0.15, 0.2) is 0 Å². The number of hydrogen-bond donors (Lipinski definition) is 1. The molecule has 2 heterocycles. The summed E-state index contributed by atoms with van der Waals surface area (Å²) in [6, 6.07) is 1.40. The van der Waals surface area contributed by atoms with Crippen molar-refractivity contribution in [1.29, 1.82) is 0 Å². The molecule has 6 heteroatoms. The van der Waals surface area contributed by atoms with E-state index in [1.165, 1.54) is 18.6 Å². The molecule has 0 aliphatic rings. The molecule has 0 saturated heterocycles. The van der Waals surface area contributed by atoms with Crippen LogP contribution < -0.4 is 0 Å². The van der Waals surface area contributed by atoms with E-state index in [0.29, 0.717) is 5.82 Å². The molecular weight excluding hydrogens is 218 g/mol. The molecule has 0 amide bonds. The van der Waals surface area contributed by atoms with E-state index in [-0.39, 0.29) is 10.6 Å². The number of hydrogen-bond acceptors (Lipinski definition) is 3. The van der Waals surface area contributed by atoms with Crippen LogP contribution in [0.5, 0.6) is 0 Å². The fraction of sp³-hybridized carbons (Fsp3) is 0. The maximum atomic E-state index is 10.8. The molecule has 0 aliphatic carbocycles. The molecule has 0 fully saturated rings. The van der Waals surface area contributed by atoms with Crippen molar-refractivity contribution in [3.63, 3.8) is 0 Å². The zero-order valence-electron chi connectivity index (χ0n) is 7.46. The van der Waals surface area contributed by atoms with Crippen LogP contribution in [0, 0.1) is 0 Å². The van der Waals surface area contributed by atoms with E-state index in [1.807, 2.05) is 0 Å². The first-order chi connectivity index (χ1) is 7.18. The summed E-state index contributed by atoms with van der Waals surface area (Å²) in [4.78, 5) is 18.6. The third-order valence-corrected chi connectivity index (χ3v) is 2.14. The van der Waals surface area contributed by atoms with Crippen molar-refractivity contribution in [2.24, 2.45) is 0 Å². The Hall–Kier alpha value is -1.88. The van der Waals surface area contributed by atoms with Gasteiger partial charge in [0.2, 0.25) is 0 Å². The second-order valence-electron chi connectivity index (χ2n) is 2.80. The number of pyridine rings is 1. The third-order valence-electron chi connectivity index (χ3n) is 1.84. The number of imidazole rings is 1. The van der Waals surface area contributed by atoms with Gasteiger partial charge < -0.3 is 5.11 Å². The van der Waals surface area contributed by atoms with Crippen molar-refractivity contribution in [3.8, 4) is 5.82 Å². The minimum absolute atomic E-state index is 0.0235. The van der Waals surface area contributed by atoms with Gasteiger partial charge in [-0.3, -0.25) is 4.57 Å². The van der Waals surface area contributed by atoms with Crippen molar-refractivity contribution in [2.45, 2.75) is 0 Å². The molecule has 2 rings (SSSR count). The van der Waals surface area contributed by atoms with Crippen LogP contribution in [0.1, 0.15) is 10.4 Å². The minimum atomic E-state index is -1.08. The summed E-state index contributed by atoms with van der Waals surface area (Å²) in [5.74, 6) is -0.613. The van der Waals surface area contributed by atoms with E-state index in [9.17, 15) is 4.79 Å². The van der Waals surface area contributed by atoms with Gasteiger partial charge in [-0.1, -0.05) is 11.6 Å². The van der Waals surface area contributed by atoms with Gasteiger partial charge >= 0.3 is 5.97 Å². The third kappa shape index (κ3) is 1.82. The van der Waals surface area contributed by atoms with Gasteiger partial charge in [-0.2, -0.15) is 0 Å². The zero-order chi connectivity index (χ0) is 10.8. The Morgan fingerprint density at radius 1 is 1.53 bits per heavy atom. The van der Waals surface area contributed by atoms with Crippen LogP contribution in [0.3, 0.4) is 0 Å². The Labute approximate surface area is 90.0 Å². The molecular formula is C9H6ClN3O2. The first-order valence-corrected chi connectivity index (χ1v) is 4.43. The number of rotatable bonds is 2. The number of carboxylic acids is 1. The molecule has 2 aromatic heterocycles. The summed E-state index contributed by atoms with van der Waals surface area (Å²) >= 11 is 5.68. The highest BCUT2D eigenvalue weighted by Crippen LogP contribution is 2.17. The Morgan fingerprint density at radius 3 is 2.93 bits per heavy atom. The van der Waals surface area contributed by atoms with Crippen molar-refractivity contribution in [1.82, 2.24) is 14.5 Å². The maximum absolute atomic E-state index is 10.8. The van der Waals surface area contributed by atoms with Crippen LogP contribution in [0.4, 0.5) is 0 Å². The van der Waals surface area contributed by atoms with E-state index in [1.54, 1.807) is 17.0 Å². The molecule has 5 nitrogen and oxygen atoms in total. The molecule has 15 heavy (non-hydrogen) atoms. The number of carboxylic acid groups (broad SMARTS) is 1. The second kappa shape index (κ2) is 3.70. The lowest BCUT2D eigenvalue weighted by molar-refractivity contribution is 0.0697. The lowest BCUT2D eigenvalue weighted by Crippen LogP contribution is -2.02. The van der Waals surface area contributed by atoms with Crippen molar-refractivity contribution >= 4 is 17.6 Å². The van der Waals surface area contributed by atoms with Crippen LogP contribution in [-0.2, 0) is 0 Å². The monoisotopic (exact) mass is 223 g/mol. The number of nitrogens with zero attached hydrogens (tertiary/aromatic N) is 3. The molecule has 0 spiro atoms. The first kappa shape index (κ1) is 9.67. The van der Waals surface area contributed by atoms with E-state index in [0.717, 1.165) is 0 Å². The zero-order valence-corrected chi connectivity index (χ0v) is 8.22. The van der Waals surface area contributed by atoms with Crippen LogP contribution in [0.25, 0.3) is 5.82 Å². The van der Waals surface area contributed by atoms with E-state index < -0.39 is 5.97 Å². The maximum Gasteiger partial charge on any atom is 0.337 e. The molecule has 0 aromatic carbocycles. The predicted molar refractivity (Wildman–Crippen MR) is 53.3 cm³/mol. The van der Waals surface area contributed by atoms with Gasteiger partial charge in [-0.25, -0.2) is 14.8 Å². The van der Waals surface area contributed by atoms with E-state index in [4.69, 9.17) is 16.7 Å². The lowest BCUT2D eigenvalue weighted by atomic mass is 10.2. The lowest BCUT2D eigenvalue weighted by Gasteiger charge is -2.03. The molecule has 76 valence electrons. The van der Waals surface area contributed by atoms with Crippen molar-refractivity contribution in [2.75, 3.05) is 0 Å². The normalized spacial score (nSPS) is 10.2. The number of carbonyl (C=O) groups is 1. The summed E-state index contributed by atoms with van der Waals surface area (Å²) in [5, 5.41) is 8.97. The predicted octanol–water partition coefficient (Wildman–Crippen LogP) is 1.62. The van der Waals surface area contributed by atoms with Gasteiger partial charge in [0.1, 0.15) is 12.1 Å². The molecule has 0 aliphatic heterocycles. The fourth-order valence-corrected chi connectivity index (χ4v) is 1.31. The summed E-state index contributed by atoms with van der Waals surface area (Å²) < 4.78 is 1.60. The quantitative estimate of drug-likeness (QED) is 0.840. The topological polar surface area (TPSA) is 68.0 Å². The second-order valence-corrected chi connectivity index (χ2v) is 3.20. The highest BCUT2D eigenvalue weighted by molar-refractivity contribution is 6.33. The average molecular weight is 224 g/mol.